The Labute approximate surface area is 131 Å². The van der Waals surface area contributed by atoms with Gasteiger partial charge in [-0.05, 0) is 44.6 Å². The van der Waals surface area contributed by atoms with Crippen molar-refractivity contribution in [3.8, 4) is 5.75 Å². The summed E-state index contributed by atoms with van der Waals surface area (Å²) in [5.41, 5.74) is 0. The van der Waals surface area contributed by atoms with E-state index in [1.54, 1.807) is 12.1 Å². The number of carbonyl (C=O) groups excluding carboxylic acids is 1. The van der Waals surface area contributed by atoms with Crippen molar-refractivity contribution < 1.29 is 9.53 Å². The van der Waals surface area contributed by atoms with Crippen LogP contribution in [0.2, 0.25) is 5.02 Å². The van der Waals surface area contributed by atoms with Crippen LogP contribution in [-0.2, 0) is 4.79 Å². The number of rotatable bonds is 4. The van der Waals surface area contributed by atoms with Crippen LogP contribution in [0.1, 0.15) is 19.8 Å². The van der Waals surface area contributed by atoms with E-state index >= 15 is 0 Å². The van der Waals surface area contributed by atoms with Crippen molar-refractivity contribution in [3.63, 3.8) is 0 Å². The van der Waals surface area contributed by atoms with Gasteiger partial charge in [-0.1, -0.05) is 24.6 Å². The maximum Gasteiger partial charge on any atom is 0.263 e. The quantitative estimate of drug-likeness (QED) is 0.857. The summed E-state index contributed by atoms with van der Waals surface area (Å²) in [6.07, 6.45) is 1.22. The molecule has 116 valence electrons. The largest absolute Gasteiger partial charge is 0.481 e. The molecular formula is C16H23ClN2O2. The molecule has 1 saturated heterocycles. The summed E-state index contributed by atoms with van der Waals surface area (Å²) in [5.74, 6) is 0.724. The second kappa shape index (κ2) is 7.66. The number of likely N-dealkylation sites (N-methyl/N-ethyl adjacent to an activating group) is 1. The topological polar surface area (TPSA) is 32.8 Å². The molecule has 0 spiro atoms. The fraction of sp³-hybridized carbons (Fsp3) is 0.562. The Hall–Kier alpha value is -1.26. The van der Waals surface area contributed by atoms with E-state index < -0.39 is 6.10 Å². The Balaban J connectivity index is 2.01. The van der Waals surface area contributed by atoms with Crippen LogP contribution in [0.5, 0.6) is 5.75 Å². The average molecular weight is 311 g/mol. The molecule has 4 nitrogen and oxygen atoms in total. The van der Waals surface area contributed by atoms with Gasteiger partial charge in [-0.15, -0.1) is 0 Å². The predicted octanol–water partition coefficient (Wildman–Crippen LogP) is 2.66. The van der Waals surface area contributed by atoms with Crippen LogP contribution in [0.4, 0.5) is 0 Å². The zero-order chi connectivity index (χ0) is 15.2. The van der Waals surface area contributed by atoms with Crippen molar-refractivity contribution in [1.82, 2.24) is 9.80 Å². The Bertz CT molecular complexity index is 481. The first-order chi connectivity index (χ1) is 10.1. The Morgan fingerprint density at radius 1 is 1.33 bits per heavy atom. The van der Waals surface area contributed by atoms with Gasteiger partial charge >= 0.3 is 0 Å². The molecule has 2 rings (SSSR count). The van der Waals surface area contributed by atoms with Crippen molar-refractivity contribution in [2.75, 3.05) is 33.2 Å². The lowest BCUT2D eigenvalue weighted by Crippen LogP contribution is -2.43. The molecule has 1 heterocycles. The summed E-state index contributed by atoms with van der Waals surface area (Å²) >= 11 is 5.96. The molecular weight excluding hydrogens is 288 g/mol. The minimum absolute atomic E-state index is 0.0766. The standard InChI is InChI=1S/C16H23ClN2O2/c1-3-15(21-14-7-4-6-13(17)12-14)16(20)19-9-5-8-18(2)10-11-19/h4,6-7,12,15H,3,5,8-11H2,1-2H3/t15-/m1/s1. The zero-order valence-corrected chi connectivity index (χ0v) is 13.5. The SMILES string of the molecule is CC[C@@H](Oc1cccc(Cl)c1)C(=O)N1CCCN(C)CC1. The lowest BCUT2D eigenvalue weighted by molar-refractivity contribution is -0.138. The molecule has 1 aromatic rings. The van der Waals surface area contributed by atoms with Crippen LogP contribution in [-0.4, -0.2) is 55.0 Å². The fourth-order valence-electron chi connectivity index (χ4n) is 2.48. The third-order valence-electron chi connectivity index (χ3n) is 3.75. The van der Waals surface area contributed by atoms with Gasteiger partial charge in [-0.3, -0.25) is 4.79 Å². The summed E-state index contributed by atoms with van der Waals surface area (Å²) in [6.45, 7) is 5.50. The smallest absolute Gasteiger partial charge is 0.263 e. The first-order valence-electron chi connectivity index (χ1n) is 7.49. The number of hydrogen-bond acceptors (Lipinski definition) is 3. The van der Waals surface area contributed by atoms with Gasteiger partial charge in [0.25, 0.3) is 5.91 Å². The minimum Gasteiger partial charge on any atom is -0.481 e. The van der Waals surface area contributed by atoms with Crippen molar-refractivity contribution in [2.45, 2.75) is 25.9 Å². The molecule has 0 N–H and O–H groups in total. The average Bonchev–Trinajstić information content (AvgIpc) is 2.69. The number of carbonyl (C=O) groups is 1. The molecule has 0 radical (unpaired) electrons. The van der Waals surface area contributed by atoms with Gasteiger partial charge in [0.05, 0.1) is 0 Å². The summed E-state index contributed by atoms with van der Waals surface area (Å²) in [4.78, 5) is 16.8. The van der Waals surface area contributed by atoms with Crippen LogP contribution in [0.15, 0.2) is 24.3 Å². The van der Waals surface area contributed by atoms with E-state index in [9.17, 15) is 4.79 Å². The summed E-state index contributed by atoms with van der Waals surface area (Å²) in [7, 11) is 2.09. The van der Waals surface area contributed by atoms with E-state index in [0.29, 0.717) is 17.2 Å². The third kappa shape index (κ3) is 4.61. The Kier molecular flexibility index (Phi) is 5.88. The van der Waals surface area contributed by atoms with E-state index in [2.05, 4.69) is 11.9 Å². The minimum atomic E-state index is -0.438. The van der Waals surface area contributed by atoms with Gasteiger partial charge in [0.2, 0.25) is 0 Å². The number of amides is 1. The highest BCUT2D eigenvalue weighted by atomic mass is 35.5. The van der Waals surface area contributed by atoms with Gasteiger partial charge in [0.15, 0.2) is 6.10 Å². The van der Waals surface area contributed by atoms with Gasteiger partial charge in [0, 0.05) is 24.7 Å². The lowest BCUT2D eigenvalue weighted by atomic mass is 10.2. The van der Waals surface area contributed by atoms with Crippen molar-refractivity contribution >= 4 is 17.5 Å². The number of hydrogen-bond donors (Lipinski definition) is 0. The molecule has 0 saturated carbocycles. The summed E-state index contributed by atoms with van der Waals surface area (Å²) in [5, 5.41) is 0.617. The normalized spacial score (nSPS) is 18.1. The highest BCUT2D eigenvalue weighted by Gasteiger charge is 2.26. The Morgan fingerprint density at radius 2 is 2.14 bits per heavy atom. The van der Waals surface area contributed by atoms with Crippen LogP contribution >= 0.6 is 11.6 Å². The van der Waals surface area contributed by atoms with E-state index in [4.69, 9.17) is 16.3 Å². The fourth-order valence-corrected chi connectivity index (χ4v) is 2.66. The van der Waals surface area contributed by atoms with Crippen molar-refractivity contribution in [1.29, 1.82) is 0 Å². The molecule has 0 unspecified atom stereocenters. The van der Waals surface area contributed by atoms with Gasteiger partial charge in [0.1, 0.15) is 5.75 Å². The molecule has 0 aliphatic carbocycles. The maximum atomic E-state index is 12.6. The highest BCUT2D eigenvalue weighted by Crippen LogP contribution is 2.20. The van der Waals surface area contributed by atoms with Crippen LogP contribution in [0.3, 0.4) is 0 Å². The van der Waals surface area contributed by atoms with Crippen LogP contribution < -0.4 is 4.74 Å². The van der Waals surface area contributed by atoms with Crippen molar-refractivity contribution in [2.24, 2.45) is 0 Å². The highest BCUT2D eigenvalue weighted by molar-refractivity contribution is 6.30. The van der Waals surface area contributed by atoms with E-state index in [1.807, 2.05) is 24.0 Å². The molecule has 1 aromatic carbocycles. The predicted molar refractivity (Wildman–Crippen MR) is 84.9 cm³/mol. The third-order valence-corrected chi connectivity index (χ3v) is 3.99. The molecule has 0 aromatic heterocycles. The van der Waals surface area contributed by atoms with E-state index in [-0.39, 0.29) is 5.91 Å². The molecule has 5 heteroatoms. The molecule has 1 aliphatic heterocycles. The Morgan fingerprint density at radius 3 is 2.86 bits per heavy atom. The molecule has 1 amide bonds. The maximum absolute atomic E-state index is 12.6. The van der Waals surface area contributed by atoms with Gasteiger partial charge < -0.3 is 14.5 Å². The molecule has 1 aliphatic rings. The first-order valence-corrected chi connectivity index (χ1v) is 7.87. The number of benzene rings is 1. The van der Waals surface area contributed by atoms with Crippen molar-refractivity contribution in [3.05, 3.63) is 29.3 Å². The number of halogens is 1. The zero-order valence-electron chi connectivity index (χ0n) is 12.7. The second-order valence-electron chi connectivity index (χ2n) is 5.45. The first kappa shape index (κ1) is 16.1. The monoisotopic (exact) mass is 310 g/mol. The molecule has 1 fully saturated rings. The molecule has 0 bridgehead atoms. The lowest BCUT2D eigenvalue weighted by Gasteiger charge is -2.26. The summed E-state index contributed by atoms with van der Waals surface area (Å²) in [6, 6.07) is 7.20. The second-order valence-corrected chi connectivity index (χ2v) is 5.89. The summed E-state index contributed by atoms with van der Waals surface area (Å²) < 4.78 is 5.84. The number of nitrogens with zero attached hydrogens (tertiary/aromatic N) is 2. The molecule has 21 heavy (non-hydrogen) atoms. The van der Waals surface area contributed by atoms with Crippen LogP contribution in [0.25, 0.3) is 0 Å². The van der Waals surface area contributed by atoms with E-state index in [0.717, 1.165) is 32.6 Å². The van der Waals surface area contributed by atoms with Gasteiger partial charge in [-0.25, -0.2) is 0 Å². The molecule has 1 atom stereocenters. The van der Waals surface area contributed by atoms with E-state index in [1.165, 1.54) is 0 Å². The van der Waals surface area contributed by atoms with Gasteiger partial charge in [-0.2, -0.15) is 0 Å². The van der Waals surface area contributed by atoms with Crippen LogP contribution in [0, 0.1) is 0 Å². The number of ether oxygens (including phenoxy) is 1.